The number of phenolic OH excluding ortho intramolecular Hbond substituents is 1. The van der Waals surface area contributed by atoms with Crippen molar-refractivity contribution in [2.24, 2.45) is 10.3 Å². The number of halogens is 1. The van der Waals surface area contributed by atoms with Crippen molar-refractivity contribution < 1.29 is 39.3 Å². The normalized spacial score (nSPS) is 18.8. The van der Waals surface area contributed by atoms with Crippen LogP contribution >= 0.6 is 15.9 Å². The number of rotatable bonds is 12. The predicted octanol–water partition coefficient (Wildman–Crippen LogP) is 13.2. The van der Waals surface area contributed by atoms with Gasteiger partial charge in [-0.05, 0) is 116 Å². The number of carboxylic acids is 2. The second-order valence-corrected chi connectivity index (χ2v) is 21.1. The number of aromatic hydroxyl groups is 1. The molecule has 10 nitrogen and oxygen atoms in total. The van der Waals surface area contributed by atoms with Gasteiger partial charge in [-0.3, -0.25) is 9.59 Å². The van der Waals surface area contributed by atoms with Crippen LogP contribution in [0.5, 0.6) is 11.5 Å². The van der Waals surface area contributed by atoms with Crippen LogP contribution in [0, 0.1) is 0 Å². The summed E-state index contributed by atoms with van der Waals surface area (Å²) in [4.78, 5) is 32.2. The molecule has 356 valence electrons. The summed E-state index contributed by atoms with van der Waals surface area (Å²) < 4.78 is 6.07. The zero-order valence-corrected chi connectivity index (χ0v) is 41.0. The number of carboxylic acid groups (broad SMARTS) is 2. The van der Waals surface area contributed by atoms with E-state index in [9.17, 15) is 19.8 Å². The second-order valence-electron chi connectivity index (χ2n) is 20.5. The molecule has 2 unspecified atom stereocenters. The number of benzene rings is 4. The average molecular weight is 968 g/mol. The highest BCUT2D eigenvalue weighted by Crippen LogP contribution is 2.47. The Labute approximate surface area is 401 Å². The number of hydrogen-bond donors (Lipinski definition) is 3. The molecule has 11 heteroatoms. The largest absolute Gasteiger partial charge is 0.508 e. The number of nitrogens with zero attached hydrogens (tertiary/aromatic N) is 2. The first-order valence-electron chi connectivity index (χ1n) is 22.9. The van der Waals surface area contributed by atoms with Crippen molar-refractivity contribution in [2.75, 3.05) is 13.2 Å². The van der Waals surface area contributed by atoms with Crippen molar-refractivity contribution >= 4 is 39.3 Å². The molecule has 2 heterocycles. The highest BCUT2D eigenvalue weighted by Gasteiger charge is 2.38. The lowest BCUT2D eigenvalue weighted by Crippen LogP contribution is -2.33. The molecule has 0 amide bonds. The number of fused-ring (bicyclic) bond motifs is 2. The summed E-state index contributed by atoms with van der Waals surface area (Å²) in [7, 11) is 0. The van der Waals surface area contributed by atoms with Gasteiger partial charge in [-0.1, -0.05) is 150 Å². The first-order chi connectivity index (χ1) is 30.7. The molecule has 66 heavy (non-hydrogen) atoms. The van der Waals surface area contributed by atoms with Crippen LogP contribution in [0.4, 0.5) is 0 Å². The van der Waals surface area contributed by atoms with E-state index in [4.69, 9.17) is 19.5 Å². The first kappa shape index (κ1) is 51.8. The third-order valence-electron chi connectivity index (χ3n) is 13.8. The monoisotopic (exact) mass is 966 g/mol. The molecule has 2 aliphatic heterocycles. The van der Waals surface area contributed by atoms with Crippen molar-refractivity contribution in [3.8, 4) is 11.5 Å². The number of phenols is 1. The summed E-state index contributed by atoms with van der Waals surface area (Å²) in [5, 5.41) is 36.3. The molecule has 4 aromatic rings. The summed E-state index contributed by atoms with van der Waals surface area (Å²) >= 11 is 3.55. The summed E-state index contributed by atoms with van der Waals surface area (Å²) in [6.45, 7) is 20.3. The number of ether oxygens (including phenoxy) is 1. The molecule has 0 fully saturated rings. The SMILES string of the molecule is C.CC1(C)CCC(C)(C)c2cc(CBr)ccc21.CC1(C)CCC(C)(C)c2cc(COc3ccc(C(CC(=O)O)C4=NOCC4)cc3)ccc21.O=C(O)CC(C1=NOCC1)c1ccc(O)cc1. The Hall–Kier alpha value is -5.16. The van der Waals surface area contributed by atoms with E-state index in [-0.39, 0.29) is 48.7 Å². The van der Waals surface area contributed by atoms with E-state index in [1.165, 1.54) is 47.9 Å². The standard InChI is InChI=1S/C27H33NO4.C15H21Br.C12H13NO4.CH4/c1-26(2)12-13-27(3,4)23-15-18(5-10-22(23)26)17-31-20-8-6-19(7-9-20)21(16-25(29)30)24-11-14-32-28-24;1-14(2)7-8-15(3,4)13-9-11(10-16)5-6-12(13)14;14-9-3-1-8(2-4-9)10(7-12(15)16)11-5-6-17-13-11;/h5-10,15,21H,11-14,16-17H2,1-4H3,(H,29,30);5-6,9H,7-8,10H2,1-4H3;1-4,10,14H,5-7H2,(H,15,16);1H4. The maximum absolute atomic E-state index is 11.3. The van der Waals surface area contributed by atoms with Gasteiger partial charge in [-0.2, -0.15) is 0 Å². The Balaban J connectivity index is 0.000000203. The van der Waals surface area contributed by atoms with E-state index >= 15 is 0 Å². The van der Waals surface area contributed by atoms with E-state index in [2.05, 4.69) is 118 Å². The fraction of sp³-hybridized carbons (Fsp3) is 0.491. The van der Waals surface area contributed by atoms with Crippen LogP contribution in [0.1, 0.15) is 171 Å². The quantitative estimate of drug-likeness (QED) is 0.119. The van der Waals surface area contributed by atoms with Crippen LogP contribution in [-0.2, 0) is 52.9 Å². The van der Waals surface area contributed by atoms with Gasteiger partial charge in [0.25, 0.3) is 0 Å². The Kier molecular flexibility index (Phi) is 17.0. The summed E-state index contributed by atoms with van der Waals surface area (Å²) in [6, 6.07) is 28.0. The minimum atomic E-state index is -0.877. The Morgan fingerprint density at radius 3 is 1.39 bits per heavy atom. The van der Waals surface area contributed by atoms with Gasteiger partial charge in [0.1, 0.15) is 31.3 Å². The molecule has 0 radical (unpaired) electrons. The fourth-order valence-corrected chi connectivity index (χ4v) is 9.79. The molecule has 2 aliphatic carbocycles. The molecule has 0 saturated carbocycles. The number of alkyl halides is 1. The second kappa shape index (κ2) is 21.6. The molecule has 4 aromatic carbocycles. The van der Waals surface area contributed by atoms with E-state index < -0.39 is 11.9 Å². The number of carbonyl (C=O) groups is 2. The van der Waals surface area contributed by atoms with Crippen LogP contribution in [0.15, 0.2) is 95.2 Å². The number of oxime groups is 2. The molecule has 3 N–H and O–H groups in total. The van der Waals surface area contributed by atoms with Crippen molar-refractivity contribution in [3.63, 3.8) is 0 Å². The highest BCUT2D eigenvalue weighted by molar-refractivity contribution is 9.08. The molecule has 2 atom stereocenters. The molecule has 4 aliphatic rings. The third kappa shape index (κ3) is 12.8. The zero-order chi connectivity index (χ0) is 47.2. The van der Waals surface area contributed by atoms with Crippen LogP contribution in [0.3, 0.4) is 0 Å². The maximum atomic E-state index is 11.3. The minimum Gasteiger partial charge on any atom is -0.508 e. The van der Waals surface area contributed by atoms with Crippen LogP contribution < -0.4 is 4.74 Å². The van der Waals surface area contributed by atoms with E-state index in [1.54, 1.807) is 35.4 Å². The minimum absolute atomic E-state index is 0. The van der Waals surface area contributed by atoms with Crippen molar-refractivity contribution in [1.29, 1.82) is 0 Å². The van der Waals surface area contributed by atoms with Gasteiger partial charge in [-0.25, -0.2) is 0 Å². The lowest BCUT2D eigenvalue weighted by atomic mass is 9.63. The van der Waals surface area contributed by atoms with E-state index in [0.29, 0.717) is 43.5 Å². The van der Waals surface area contributed by atoms with E-state index in [1.807, 2.05) is 24.3 Å². The lowest BCUT2D eigenvalue weighted by Gasteiger charge is -2.42. The molecule has 8 rings (SSSR count). The first-order valence-corrected chi connectivity index (χ1v) is 24.0. The van der Waals surface area contributed by atoms with Gasteiger partial charge in [0.05, 0.1) is 24.3 Å². The molecular weight excluding hydrogens is 897 g/mol. The lowest BCUT2D eigenvalue weighted by molar-refractivity contribution is -0.138. The molecule has 0 aromatic heterocycles. The van der Waals surface area contributed by atoms with Gasteiger partial charge in [0, 0.05) is 30.0 Å². The van der Waals surface area contributed by atoms with Gasteiger partial charge >= 0.3 is 11.9 Å². The molecule has 0 saturated heterocycles. The molecule has 0 spiro atoms. The maximum Gasteiger partial charge on any atom is 0.304 e. The predicted molar refractivity (Wildman–Crippen MR) is 268 cm³/mol. The Morgan fingerprint density at radius 1 is 0.606 bits per heavy atom. The summed E-state index contributed by atoms with van der Waals surface area (Å²) in [5.41, 5.74) is 12.9. The highest BCUT2D eigenvalue weighted by atomic mass is 79.9. The Morgan fingerprint density at radius 2 is 1.00 bits per heavy atom. The third-order valence-corrected chi connectivity index (χ3v) is 14.4. The van der Waals surface area contributed by atoms with Crippen LogP contribution in [0.2, 0.25) is 0 Å². The Bertz CT molecular complexity index is 2360. The van der Waals surface area contributed by atoms with Crippen LogP contribution in [-0.4, -0.2) is 51.9 Å². The van der Waals surface area contributed by atoms with Gasteiger partial charge < -0.3 is 29.7 Å². The smallest absolute Gasteiger partial charge is 0.304 e. The van der Waals surface area contributed by atoms with Gasteiger partial charge in [0.15, 0.2) is 0 Å². The van der Waals surface area contributed by atoms with Crippen molar-refractivity contribution in [1.82, 2.24) is 0 Å². The molecule has 0 bridgehead atoms. The number of hydrogen-bond acceptors (Lipinski definition) is 8. The van der Waals surface area contributed by atoms with E-state index in [0.717, 1.165) is 33.6 Å². The zero-order valence-electron chi connectivity index (χ0n) is 39.4. The summed E-state index contributed by atoms with van der Waals surface area (Å²) in [6.07, 6.45) is 6.28. The molecular formula is C55H71BrN2O8. The van der Waals surface area contributed by atoms with Gasteiger partial charge in [-0.15, -0.1) is 0 Å². The number of aliphatic carboxylic acids is 2. The average Bonchev–Trinajstić information content (AvgIpc) is 4.02. The summed E-state index contributed by atoms with van der Waals surface area (Å²) in [5.74, 6) is -1.34. The fourth-order valence-electron chi connectivity index (χ4n) is 9.44. The topological polar surface area (TPSA) is 147 Å². The van der Waals surface area contributed by atoms with Gasteiger partial charge in [0.2, 0.25) is 0 Å². The van der Waals surface area contributed by atoms with Crippen LogP contribution in [0.25, 0.3) is 0 Å². The van der Waals surface area contributed by atoms with Crippen molar-refractivity contribution in [2.45, 2.75) is 160 Å². The van der Waals surface area contributed by atoms with Crippen molar-refractivity contribution in [3.05, 3.63) is 129 Å².